The van der Waals surface area contributed by atoms with E-state index in [1.54, 1.807) is 0 Å². The molecule has 3 heterocycles. The summed E-state index contributed by atoms with van der Waals surface area (Å²) in [6.07, 6.45) is 0. The van der Waals surface area contributed by atoms with Crippen LogP contribution in [0.1, 0.15) is 45.7 Å². The first-order valence-electron chi connectivity index (χ1n) is 9.59. The highest BCUT2D eigenvalue weighted by Gasteiger charge is 2.71. The zero-order chi connectivity index (χ0) is 19.9. The van der Waals surface area contributed by atoms with Gasteiger partial charge >= 0.3 is 0 Å². The van der Waals surface area contributed by atoms with E-state index in [-0.39, 0.29) is 29.7 Å². The fourth-order valence-corrected chi connectivity index (χ4v) is 5.14. The summed E-state index contributed by atoms with van der Waals surface area (Å²) in [5.41, 5.74) is 0.683. The molecule has 0 bridgehead atoms. The number of hydrogen-bond acceptors (Lipinski definition) is 4. The lowest BCUT2D eigenvalue weighted by atomic mass is 9.75. The Labute approximate surface area is 159 Å². The first kappa shape index (κ1) is 18.2. The Kier molecular flexibility index (Phi) is 3.64. The standard InChI is InChI=1S/C21H27N3O3/c1-10(2)15-13-14(18(26)24(17(13)25)20(4,5)6)21(23-15)12-9-7-8-11(3)16(12)22-19(21)27/h7-10,13-15,23H,1-6H3,(H,22,27)/t13-,14-,15-,21+/m0/s1. The van der Waals surface area contributed by atoms with Crippen molar-refractivity contribution in [3.05, 3.63) is 29.3 Å². The van der Waals surface area contributed by atoms with E-state index < -0.39 is 22.9 Å². The minimum Gasteiger partial charge on any atom is -0.324 e. The number of hydrogen-bond donors (Lipinski definition) is 2. The Morgan fingerprint density at radius 2 is 1.78 bits per heavy atom. The molecule has 1 aromatic carbocycles. The molecule has 1 aromatic rings. The van der Waals surface area contributed by atoms with Gasteiger partial charge in [-0.25, -0.2) is 0 Å². The van der Waals surface area contributed by atoms with Gasteiger partial charge in [-0.1, -0.05) is 32.0 Å². The lowest BCUT2D eigenvalue weighted by Crippen LogP contribution is -2.56. The van der Waals surface area contributed by atoms with E-state index in [9.17, 15) is 14.4 Å². The van der Waals surface area contributed by atoms with Gasteiger partial charge in [0.2, 0.25) is 17.7 Å². The van der Waals surface area contributed by atoms with Crippen molar-refractivity contribution in [2.75, 3.05) is 5.32 Å². The van der Waals surface area contributed by atoms with Gasteiger partial charge in [0.05, 0.1) is 11.8 Å². The minimum atomic E-state index is -1.19. The Morgan fingerprint density at radius 3 is 2.37 bits per heavy atom. The number of nitrogens with zero attached hydrogens (tertiary/aromatic N) is 1. The third-order valence-electron chi connectivity index (χ3n) is 6.28. The molecule has 6 heteroatoms. The smallest absolute Gasteiger partial charge is 0.250 e. The lowest BCUT2D eigenvalue weighted by Gasteiger charge is -2.35. The maximum atomic E-state index is 13.5. The van der Waals surface area contributed by atoms with Crippen LogP contribution in [-0.2, 0) is 19.9 Å². The van der Waals surface area contributed by atoms with Crippen LogP contribution in [0.3, 0.4) is 0 Å². The fourth-order valence-electron chi connectivity index (χ4n) is 5.14. The number of benzene rings is 1. The van der Waals surface area contributed by atoms with E-state index in [0.29, 0.717) is 0 Å². The largest absolute Gasteiger partial charge is 0.324 e. The Morgan fingerprint density at radius 1 is 1.11 bits per heavy atom. The zero-order valence-electron chi connectivity index (χ0n) is 16.7. The van der Waals surface area contributed by atoms with Gasteiger partial charge in [-0.15, -0.1) is 0 Å². The van der Waals surface area contributed by atoms with Crippen molar-refractivity contribution in [3.63, 3.8) is 0 Å². The number of likely N-dealkylation sites (tertiary alicyclic amines) is 1. The molecule has 0 unspecified atom stereocenters. The summed E-state index contributed by atoms with van der Waals surface area (Å²) in [5.74, 6) is -1.81. The van der Waals surface area contributed by atoms with Crippen LogP contribution in [0, 0.1) is 24.7 Å². The van der Waals surface area contributed by atoms with Crippen molar-refractivity contribution in [2.24, 2.45) is 17.8 Å². The number of carbonyl (C=O) groups excluding carboxylic acids is 3. The molecule has 6 nitrogen and oxygen atoms in total. The lowest BCUT2D eigenvalue weighted by molar-refractivity contribution is -0.148. The third-order valence-corrected chi connectivity index (χ3v) is 6.28. The second-order valence-corrected chi connectivity index (χ2v) is 9.36. The number of aryl methyl sites for hydroxylation is 1. The predicted molar refractivity (Wildman–Crippen MR) is 102 cm³/mol. The first-order valence-corrected chi connectivity index (χ1v) is 9.59. The molecule has 3 aliphatic rings. The van der Waals surface area contributed by atoms with E-state index in [1.807, 2.05) is 59.7 Å². The van der Waals surface area contributed by atoms with E-state index in [0.717, 1.165) is 16.8 Å². The molecule has 27 heavy (non-hydrogen) atoms. The summed E-state index contributed by atoms with van der Waals surface area (Å²) in [6.45, 7) is 11.6. The second kappa shape index (κ2) is 5.41. The van der Waals surface area contributed by atoms with Gasteiger partial charge in [0.1, 0.15) is 5.54 Å². The van der Waals surface area contributed by atoms with Crippen LogP contribution in [0.5, 0.6) is 0 Å². The maximum absolute atomic E-state index is 13.5. The van der Waals surface area contributed by atoms with E-state index >= 15 is 0 Å². The first-order chi connectivity index (χ1) is 12.5. The number of carbonyl (C=O) groups is 3. The Bertz CT molecular complexity index is 870. The predicted octanol–water partition coefficient (Wildman–Crippen LogP) is 2.17. The van der Waals surface area contributed by atoms with Crippen molar-refractivity contribution in [1.82, 2.24) is 10.2 Å². The summed E-state index contributed by atoms with van der Waals surface area (Å²) >= 11 is 0. The molecule has 4 atom stereocenters. The molecule has 0 aliphatic carbocycles. The monoisotopic (exact) mass is 369 g/mol. The van der Waals surface area contributed by atoms with Gasteiger partial charge < -0.3 is 5.32 Å². The van der Waals surface area contributed by atoms with Crippen molar-refractivity contribution < 1.29 is 14.4 Å². The van der Waals surface area contributed by atoms with Crippen LogP contribution in [0.15, 0.2) is 18.2 Å². The number of imide groups is 1. The van der Waals surface area contributed by atoms with Crippen molar-refractivity contribution >= 4 is 23.4 Å². The van der Waals surface area contributed by atoms with Gasteiger partial charge in [0.15, 0.2) is 0 Å². The van der Waals surface area contributed by atoms with Crippen molar-refractivity contribution in [1.29, 1.82) is 0 Å². The number of rotatable bonds is 1. The fraction of sp³-hybridized carbons (Fsp3) is 0.571. The molecule has 0 radical (unpaired) electrons. The highest BCUT2D eigenvalue weighted by atomic mass is 16.2. The number of fused-ring (bicyclic) bond motifs is 4. The molecule has 2 saturated heterocycles. The van der Waals surface area contributed by atoms with Crippen LogP contribution >= 0.6 is 0 Å². The van der Waals surface area contributed by atoms with Crippen LogP contribution in [0.4, 0.5) is 5.69 Å². The third kappa shape index (κ3) is 2.13. The highest BCUT2D eigenvalue weighted by molar-refractivity contribution is 6.15. The van der Waals surface area contributed by atoms with Gasteiger partial charge in [-0.2, -0.15) is 0 Å². The van der Waals surface area contributed by atoms with Crippen molar-refractivity contribution in [2.45, 2.75) is 58.7 Å². The van der Waals surface area contributed by atoms with E-state index in [2.05, 4.69) is 10.6 Å². The van der Waals surface area contributed by atoms with Crippen LogP contribution < -0.4 is 10.6 Å². The number of anilines is 1. The second-order valence-electron chi connectivity index (χ2n) is 9.36. The molecule has 3 amide bonds. The van der Waals surface area contributed by atoms with E-state index in [4.69, 9.17) is 0 Å². The normalized spacial score (nSPS) is 32.5. The molecule has 4 rings (SSSR count). The molecule has 2 N–H and O–H groups in total. The summed E-state index contributed by atoms with van der Waals surface area (Å²) in [7, 11) is 0. The summed E-state index contributed by atoms with van der Waals surface area (Å²) in [6, 6.07) is 5.49. The molecule has 0 aromatic heterocycles. The van der Waals surface area contributed by atoms with E-state index in [1.165, 1.54) is 4.90 Å². The Balaban J connectivity index is 1.95. The summed E-state index contributed by atoms with van der Waals surface area (Å²) < 4.78 is 0. The molecule has 0 saturated carbocycles. The molecular weight excluding hydrogens is 342 g/mol. The van der Waals surface area contributed by atoms with Gasteiger partial charge in [-0.05, 0) is 39.2 Å². The molecule has 3 aliphatic heterocycles. The van der Waals surface area contributed by atoms with Gasteiger partial charge in [0, 0.05) is 22.8 Å². The topological polar surface area (TPSA) is 78.5 Å². The quantitative estimate of drug-likeness (QED) is 0.744. The highest BCUT2D eigenvalue weighted by Crippen LogP contribution is 2.55. The number of amides is 3. The van der Waals surface area contributed by atoms with Gasteiger partial charge in [-0.3, -0.25) is 24.6 Å². The maximum Gasteiger partial charge on any atom is 0.250 e. The molecular formula is C21H27N3O3. The molecule has 1 spiro atoms. The van der Waals surface area contributed by atoms with Crippen LogP contribution in [-0.4, -0.2) is 34.2 Å². The number of nitrogens with one attached hydrogen (secondary N) is 2. The Hall–Kier alpha value is -2.21. The van der Waals surface area contributed by atoms with Crippen LogP contribution in [0.2, 0.25) is 0 Å². The van der Waals surface area contributed by atoms with Crippen molar-refractivity contribution in [3.8, 4) is 0 Å². The minimum absolute atomic E-state index is 0.107. The van der Waals surface area contributed by atoms with Crippen LogP contribution in [0.25, 0.3) is 0 Å². The molecule has 2 fully saturated rings. The number of para-hydroxylation sites is 1. The zero-order valence-corrected chi connectivity index (χ0v) is 16.7. The molecule has 144 valence electrons. The average molecular weight is 369 g/mol. The SMILES string of the molecule is Cc1cccc2c1NC(=O)[C@@]21N[C@@H](C(C)C)[C@H]2C(=O)N(C(C)(C)C)C(=O)[C@H]21. The summed E-state index contributed by atoms with van der Waals surface area (Å²) in [4.78, 5) is 41.5. The average Bonchev–Trinajstić information content (AvgIpc) is 3.13. The van der Waals surface area contributed by atoms with Gasteiger partial charge in [0.25, 0.3) is 0 Å². The summed E-state index contributed by atoms with van der Waals surface area (Å²) in [5, 5.41) is 6.43.